The van der Waals surface area contributed by atoms with Gasteiger partial charge in [0.05, 0.1) is 13.3 Å². The Morgan fingerprint density at radius 1 is 1.59 bits per heavy atom. The van der Waals surface area contributed by atoms with E-state index in [4.69, 9.17) is 0 Å². The molecule has 5 heteroatoms. The van der Waals surface area contributed by atoms with Crippen molar-refractivity contribution in [1.29, 1.82) is 0 Å². The molecule has 4 nitrogen and oxygen atoms in total. The lowest BCUT2D eigenvalue weighted by atomic mass is 10.1. The van der Waals surface area contributed by atoms with Gasteiger partial charge in [-0.3, -0.25) is 9.78 Å². The molecule has 1 N–H and O–H groups in total. The van der Waals surface area contributed by atoms with Crippen LogP contribution >= 0.6 is 0 Å². The van der Waals surface area contributed by atoms with Crippen molar-refractivity contribution in [2.75, 3.05) is 13.7 Å². The average Bonchev–Trinajstić information content (AvgIpc) is 2.34. The molecule has 0 aliphatic heterocycles. The van der Waals surface area contributed by atoms with Crippen LogP contribution in [0.3, 0.4) is 0 Å². The first-order valence-corrected chi connectivity index (χ1v) is 5.54. The maximum absolute atomic E-state index is 12.9. The van der Waals surface area contributed by atoms with Crippen molar-refractivity contribution in [3.05, 3.63) is 29.8 Å². The molecule has 0 aliphatic rings. The predicted octanol–water partition coefficient (Wildman–Crippen LogP) is 1.82. The van der Waals surface area contributed by atoms with Gasteiger partial charge in [-0.2, -0.15) is 0 Å². The van der Waals surface area contributed by atoms with Gasteiger partial charge in [0.15, 0.2) is 0 Å². The van der Waals surface area contributed by atoms with Crippen LogP contribution in [0.25, 0.3) is 0 Å². The summed E-state index contributed by atoms with van der Waals surface area (Å²) in [4.78, 5) is 14.6. The number of nitrogens with zero attached hydrogens (tertiary/aromatic N) is 1. The van der Waals surface area contributed by atoms with E-state index in [-0.39, 0.29) is 17.8 Å². The van der Waals surface area contributed by atoms with Crippen LogP contribution in [0, 0.1) is 5.82 Å². The van der Waals surface area contributed by atoms with E-state index >= 15 is 0 Å². The molecule has 0 spiro atoms. The molecule has 1 aromatic rings. The van der Waals surface area contributed by atoms with Crippen molar-refractivity contribution >= 4 is 5.97 Å². The summed E-state index contributed by atoms with van der Waals surface area (Å²) in [5.74, 6) is -0.558. The number of hydrogen-bond acceptors (Lipinski definition) is 4. The number of methoxy groups -OCH3 is 1. The van der Waals surface area contributed by atoms with Crippen molar-refractivity contribution in [2.45, 2.75) is 25.8 Å². The Kier molecular flexibility index (Phi) is 5.56. The zero-order valence-electron chi connectivity index (χ0n) is 10.1. The molecule has 1 aromatic heterocycles. The fourth-order valence-corrected chi connectivity index (χ4v) is 1.44. The Hall–Kier alpha value is -1.49. The first-order chi connectivity index (χ1) is 8.13. The molecule has 0 aliphatic carbocycles. The Labute approximate surface area is 100 Å². The molecule has 0 saturated carbocycles. The van der Waals surface area contributed by atoms with E-state index in [1.54, 1.807) is 6.20 Å². The Balaban J connectivity index is 2.30. The number of pyridine rings is 1. The number of ether oxygens (including phenoxy) is 1. The molecule has 1 heterocycles. The van der Waals surface area contributed by atoms with Crippen LogP contribution in [0.15, 0.2) is 18.5 Å². The van der Waals surface area contributed by atoms with Gasteiger partial charge in [0.2, 0.25) is 0 Å². The van der Waals surface area contributed by atoms with Gasteiger partial charge in [0.25, 0.3) is 0 Å². The number of carbonyl (C=O) groups excluding carboxylic acids is 1. The third kappa shape index (κ3) is 4.91. The third-order valence-corrected chi connectivity index (χ3v) is 2.46. The fourth-order valence-electron chi connectivity index (χ4n) is 1.44. The van der Waals surface area contributed by atoms with Crippen molar-refractivity contribution in [2.24, 2.45) is 0 Å². The molecule has 0 bridgehead atoms. The maximum Gasteiger partial charge on any atom is 0.305 e. The van der Waals surface area contributed by atoms with E-state index < -0.39 is 0 Å². The van der Waals surface area contributed by atoms with Gasteiger partial charge < -0.3 is 10.1 Å². The Morgan fingerprint density at radius 3 is 3.00 bits per heavy atom. The van der Waals surface area contributed by atoms with Crippen LogP contribution in [0.1, 0.15) is 31.4 Å². The topological polar surface area (TPSA) is 51.2 Å². The van der Waals surface area contributed by atoms with Crippen molar-refractivity contribution in [1.82, 2.24) is 10.3 Å². The highest BCUT2D eigenvalue weighted by molar-refractivity contribution is 5.69. The minimum Gasteiger partial charge on any atom is -0.469 e. The Morgan fingerprint density at radius 2 is 2.35 bits per heavy atom. The van der Waals surface area contributed by atoms with Crippen LogP contribution in [0.5, 0.6) is 0 Å². The molecule has 0 aromatic carbocycles. The number of aromatic nitrogens is 1. The molecule has 0 radical (unpaired) electrons. The van der Waals surface area contributed by atoms with E-state index in [0.717, 1.165) is 5.56 Å². The van der Waals surface area contributed by atoms with E-state index in [9.17, 15) is 9.18 Å². The first kappa shape index (κ1) is 13.6. The van der Waals surface area contributed by atoms with Gasteiger partial charge in [-0.15, -0.1) is 0 Å². The van der Waals surface area contributed by atoms with Crippen molar-refractivity contribution in [3.8, 4) is 0 Å². The van der Waals surface area contributed by atoms with Gasteiger partial charge in [0, 0.05) is 18.7 Å². The number of nitrogens with one attached hydrogen (secondary N) is 1. The third-order valence-electron chi connectivity index (χ3n) is 2.46. The predicted molar refractivity (Wildman–Crippen MR) is 61.9 cm³/mol. The van der Waals surface area contributed by atoms with Crippen LogP contribution in [-0.4, -0.2) is 24.6 Å². The lowest BCUT2D eigenvalue weighted by Gasteiger charge is -2.13. The van der Waals surface area contributed by atoms with Crippen molar-refractivity contribution in [3.63, 3.8) is 0 Å². The van der Waals surface area contributed by atoms with Gasteiger partial charge in [-0.25, -0.2) is 4.39 Å². The molecular formula is C12H17FN2O2. The molecule has 0 fully saturated rings. The molecular weight excluding hydrogens is 223 g/mol. The summed E-state index contributed by atoms with van der Waals surface area (Å²) < 4.78 is 17.4. The maximum atomic E-state index is 12.9. The lowest BCUT2D eigenvalue weighted by molar-refractivity contribution is -0.140. The standard InChI is InChI=1S/C12H17FN2O2/c1-9(10-6-11(13)8-14-7-10)15-5-3-4-12(16)17-2/h6-9,15H,3-5H2,1-2H3. The highest BCUT2D eigenvalue weighted by Gasteiger charge is 2.06. The molecule has 0 amide bonds. The van der Waals surface area contributed by atoms with Gasteiger partial charge >= 0.3 is 5.97 Å². The van der Waals surface area contributed by atoms with E-state index in [1.165, 1.54) is 19.4 Å². The van der Waals surface area contributed by atoms with E-state index in [0.29, 0.717) is 19.4 Å². The van der Waals surface area contributed by atoms with Gasteiger partial charge in [-0.05, 0) is 31.5 Å². The number of carbonyl (C=O) groups is 1. The zero-order chi connectivity index (χ0) is 12.7. The summed E-state index contributed by atoms with van der Waals surface area (Å²) in [7, 11) is 1.37. The summed E-state index contributed by atoms with van der Waals surface area (Å²) in [5.41, 5.74) is 0.795. The van der Waals surface area contributed by atoms with Crippen LogP contribution in [0.4, 0.5) is 4.39 Å². The first-order valence-electron chi connectivity index (χ1n) is 5.54. The van der Waals surface area contributed by atoms with E-state index in [2.05, 4.69) is 15.0 Å². The second kappa shape index (κ2) is 6.96. The molecule has 17 heavy (non-hydrogen) atoms. The Bertz CT molecular complexity index is 371. The van der Waals surface area contributed by atoms with Crippen molar-refractivity contribution < 1.29 is 13.9 Å². The summed E-state index contributed by atoms with van der Waals surface area (Å²) in [6.07, 6.45) is 3.88. The fraction of sp³-hybridized carbons (Fsp3) is 0.500. The summed E-state index contributed by atoms with van der Waals surface area (Å²) in [6, 6.07) is 1.46. The number of hydrogen-bond donors (Lipinski definition) is 1. The molecule has 94 valence electrons. The monoisotopic (exact) mass is 240 g/mol. The number of rotatable bonds is 6. The SMILES string of the molecule is COC(=O)CCCNC(C)c1cncc(F)c1. The lowest BCUT2D eigenvalue weighted by Crippen LogP contribution is -2.21. The number of halogens is 1. The van der Waals surface area contributed by atoms with Gasteiger partial charge in [0.1, 0.15) is 5.82 Å². The minimum atomic E-state index is -0.342. The highest BCUT2D eigenvalue weighted by Crippen LogP contribution is 2.11. The molecule has 1 atom stereocenters. The van der Waals surface area contributed by atoms with Crippen LogP contribution < -0.4 is 5.32 Å². The van der Waals surface area contributed by atoms with E-state index in [1.807, 2.05) is 6.92 Å². The molecule has 1 unspecified atom stereocenters. The minimum absolute atomic E-state index is 0.0100. The normalized spacial score (nSPS) is 12.2. The zero-order valence-corrected chi connectivity index (χ0v) is 10.1. The quantitative estimate of drug-likeness (QED) is 0.608. The second-order valence-electron chi connectivity index (χ2n) is 3.79. The average molecular weight is 240 g/mol. The van der Waals surface area contributed by atoms with Gasteiger partial charge in [-0.1, -0.05) is 0 Å². The number of esters is 1. The largest absolute Gasteiger partial charge is 0.469 e. The molecule has 0 saturated heterocycles. The summed E-state index contributed by atoms with van der Waals surface area (Å²) in [6.45, 7) is 2.60. The molecule has 1 rings (SSSR count). The smallest absolute Gasteiger partial charge is 0.305 e. The highest BCUT2D eigenvalue weighted by atomic mass is 19.1. The van der Waals surface area contributed by atoms with Crippen LogP contribution in [-0.2, 0) is 9.53 Å². The van der Waals surface area contributed by atoms with Crippen LogP contribution in [0.2, 0.25) is 0 Å². The summed E-state index contributed by atoms with van der Waals surface area (Å²) >= 11 is 0. The second-order valence-corrected chi connectivity index (χ2v) is 3.79. The summed E-state index contributed by atoms with van der Waals surface area (Å²) in [5, 5.41) is 3.19.